The Hall–Kier alpha value is -2.11. The van der Waals surface area contributed by atoms with Crippen molar-refractivity contribution in [3.63, 3.8) is 0 Å². The second-order valence-electron chi connectivity index (χ2n) is 4.88. The van der Waals surface area contributed by atoms with Gasteiger partial charge in [0.15, 0.2) is 0 Å². The first kappa shape index (κ1) is 15.3. The number of nitrogens with zero attached hydrogens (tertiary/aromatic N) is 2. The third kappa shape index (κ3) is 3.51. The maximum absolute atomic E-state index is 12.0. The van der Waals surface area contributed by atoms with Crippen molar-refractivity contribution in [2.75, 3.05) is 31.7 Å². The summed E-state index contributed by atoms with van der Waals surface area (Å²) in [6, 6.07) is 3.43. The van der Waals surface area contributed by atoms with Crippen molar-refractivity contribution >= 4 is 17.8 Å². The Labute approximate surface area is 124 Å². The Kier molecular flexibility index (Phi) is 5.14. The molecular formula is C15H20N2O4. The van der Waals surface area contributed by atoms with Crippen molar-refractivity contribution in [1.29, 1.82) is 0 Å². The third-order valence-electron chi connectivity index (χ3n) is 3.61. The van der Waals surface area contributed by atoms with Gasteiger partial charge in [-0.3, -0.25) is 4.79 Å². The minimum absolute atomic E-state index is 0.0685. The molecule has 1 aliphatic heterocycles. The minimum atomic E-state index is -0.365. The van der Waals surface area contributed by atoms with Crippen LogP contribution in [0.15, 0.2) is 18.3 Å². The van der Waals surface area contributed by atoms with Crippen LogP contribution in [0.25, 0.3) is 0 Å². The molecule has 0 amide bonds. The van der Waals surface area contributed by atoms with Crippen LogP contribution in [0, 0.1) is 5.92 Å². The molecule has 1 fully saturated rings. The van der Waals surface area contributed by atoms with Crippen molar-refractivity contribution in [3.8, 4) is 0 Å². The number of hydrogen-bond acceptors (Lipinski definition) is 6. The van der Waals surface area contributed by atoms with Gasteiger partial charge in [-0.05, 0) is 31.9 Å². The van der Waals surface area contributed by atoms with E-state index in [2.05, 4.69) is 4.98 Å². The zero-order chi connectivity index (χ0) is 15.2. The van der Waals surface area contributed by atoms with Gasteiger partial charge in [-0.2, -0.15) is 0 Å². The molecule has 0 bridgehead atoms. The number of carbonyl (C=O) groups excluding carboxylic acids is 2. The first-order valence-corrected chi connectivity index (χ1v) is 7.12. The van der Waals surface area contributed by atoms with Crippen LogP contribution in [-0.4, -0.2) is 43.7 Å². The lowest BCUT2D eigenvalue weighted by Crippen LogP contribution is -2.38. The van der Waals surface area contributed by atoms with E-state index in [4.69, 9.17) is 9.47 Å². The summed E-state index contributed by atoms with van der Waals surface area (Å²) in [4.78, 5) is 29.8. The van der Waals surface area contributed by atoms with Gasteiger partial charge in [-0.25, -0.2) is 9.78 Å². The molecule has 0 aromatic carbocycles. The Morgan fingerprint density at radius 2 is 2.10 bits per heavy atom. The van der Waals surface area contributed by atoms with E-state index < -0.39 is 0 Å². The summed E-state index contributed by atoms with van der Waals surface area (Å²) in [6.07, 6.45) is 3.06. The summed E-state index contributed by atoms with van der Waals surface area (Å²) in [5, 5.41) is 0. The van der Waals surface area contributed by atoms with E-state index in [1.165, 1.54) is 7.11 Å². The molecule has 1 saturated heterocycles. The Morgan fingerprint density at radius 3 is 2.71 bits per heavy atom. The van der Waals surface area contributed by atoms with Crippen LogP contribution >= 0.6 is 0 Å². The largest absolute Gasteiger partial charge is 0.469 e. The highest BCUT2D eigenvalue weighted by molar-refractivity contribution is 5.94. The van der Waals surface area contributed by atoms with Crippen molar-refractivity contribution < 1.29 is 19.1 Å². The summed E-state index contributed by atoms with van der Waals surface area (Å²) >= 11 is 0. The minimum Gasteiger partial charge on any atom is -0.469 e. The van der Waals surface area contributed by atoms with Gasteiger partial charge in [-0.1, -0.05) is 0 Å². The summed E-state index contributed by atoms with van der Waals surface area (Å²) in [5.74, 6) is 0.0252. The van der Waals surface area contributed by atoms with Gasteiger partial charge in [0.2, 0.25) is 0 Å². The summed E-state index contributed by atoms with van der Waals surface area (Å²) in [5.41, 5.74) is 0.468. The first-order chi connectivity index (χ1) is 10.2. The Bertz CT molecular complexity index is 510. The van der Waals surface area contributed by atoms with E-state index in [0.29, 0.717) is 43.9 Å². The predicted molar refractivity (Wildman–Crippen MR) is 77.1 cm³/mol. The molecule has 1 aromatic rings. The summed E-state index contributed by atoms with van der Waals surface area (Å²) < 4.78 is 9.83. The van der Waals surface area contributed by atoms with Crippen molar-refractivity contribution in [2.45, 2.75) is 19.8 Å². The first-order valence-electron chi connectivity index (χ1n) is 7.12. The molecule has 1 aromatic heterocycles. The van der Waals surface area contributed by atoms with Crippen LogP contribution in [0.5, 0.6) is 0 Å². The smallest absolute Gasteiger partial charge is 0.341 e. The molecule has 2 heterocycles. The van der Waals surface area contributed by atoms with Crippen molar-refractivity contribution in [2.24, 2.45) is 5.92 Å². The van der Waals surface area contributed by atoms with Gasteiger partial charge >= 0.3 is 11.9 Å². The average Bonchev–Trinajstić information content (AvgIpc) is 2.54. The monoisotopic (exact) mass is 292 g/mol. The molecule has 2 rings (SSSR count). The second-order valence-corrected chi connectivity index (χ2v) is 4.88. The topological polar surface area (TPSA) is 68.7 Å². The van der Waals surface area contributed by atoms with Gasteiger partial charge in [0.25, 0.3) is 0 Å². The van der Waals surface area contributed by atoms with Crippen LogP contribution in [-0.2, 0) is 14.3 Å². The van der Waals surface area contributed by atoms with Crippen LogP contribution < -0.4 is 4.90 Å². The molecule has 0 radical (unpaired) electrons. The van der Waals surface area contributed by atoms with Crippen LogP contribution in [0.2, 0.25) is 0 Å². The number of rotatable bonds is 4. The third-order valence-corrected chi connectivity index (χ3v) is 3.61. The molecule has 21 heavy (non-hydrogen) atoms. The van der Waals surface area contributed by atoms with Gasteiger partial charge in [0.05, 0.1) is 19.6 Å². The number of piperidine rings is 1. The van der Waals surface area contributed by atoms with E-state index >= 15 is 0 Å². The highest BCUT2D eigenvalue weighted by Crippen LogP contribution is 2.25. The molecule has 114 valence electrons. The number of ether oxygens (including phenoxy) is 2. The van der Waals surface area contributed by atoms with E-state index in [1.54, 1.807) is 25.3 Å². The lowest BCUT2D eigenvalue weighted by atomic mass is 9.97. The number of esters is 2. The fourth-order valence-electron chi connectivity index (χ4n) is 2.51. The molecule has 0 spiro atoms. The van der Waals surface area contributed by atoms with E-state index in [0.717, 1.165) is 0 Å². The molecule has 0 unspecified atom stereocenters. The SMILES string of the molecule is CCOC(=O)c1cccnc1N1CCC(C(=O)OC)CC1. The number of hydrogen-bond donors (Lipinski definition) is 0. The maximum atomic E-state index is 12.0. The predicted octanol–water partition coefficient (Wildman–Crippen LogP) is 1.65. The number of methoxy groups -OCH3 is 1. The number of anilines is 1. The number of carbonyl (C=O) groups is 2. The van der Waals surface area contributed by atoms with Crippen LogP contribution in [0.4, 0.5) is 5.82 Å². The molecule has 6 heteroatoms. The number of pyridine rings is 1. The van der Waals surface area contributed by atoms with Gasteiger partial charge < -0.3 is 14.4 Å². The van der Waals surface area contributed by atoms with Gasteiger partial charge in [-0.15, -0.1) is 0 Å². The summed E-state index contributed by atoms with van der Waals surface area (Å²) in [6.45, 7) is 3.44. The second kappa shape index (κ2) is 7.06. The molecule has 0 N–H and O–H groups in total. The zero-order valence-corrected chi connectivity index (χ0v) is 12.4. The fourth-order valence-corrected chi connectivity index (χ4v) is 2.51. The van der Waals surface area contributed by atoms with E-state index in [9.17, 15) is 9.59 Å². The normalized spacial score (nSPS) is 15.6. The highest BCUT2D eigenvalue weighted by Gasteiger charge is 2.28. The van der Waals surface area contributed by atoms with Crippen molar-refractivity contribution in [1.82, 2.24) is 4.98 Å². The maximum Gasteiger partial charge on any atom is 0.341 e. The van der Waals surface area contributed by atoms with Crippen LogP contribution in [0.3, 0.4) is 0 Å². The quantitative estimate of drug-likeness (QED) is 0.786. The molecule has 6 nitrogen and oxygen atoms in total. The van der Waals surface area contributed by atoms with Gasteiger partial charge in [0.1, 0.15) is 11.4 Å². The highest BCUT2D eigenvalue weighted by atomic mass is 16.5. The molecule has 0 saturated carbocycles. The van der Waals surface area contributed by atoms with Crippen molar-refractivity contribution in [3.05, 3.63) is 23.9 Å². The molecular weight excluding hydrogens is 272 g/mol. The molecule has 1 aliphatic rings. The lowest BCUT2D eigenvalue weighted by molar-refractivity contribution is -0.146. The standard InChI is InChI=1S/C15H20N2O4/c1-3-21-15(19)12-5-4-8-16-13(12)17-9-6-11(7-10-17)14(18)20-2/h4-5,8,11H,3,6-7,9-10H2,1-2H3. The molecule has 0 atom stereocenters. The Balaban J connectivity index is 2.10. The van der Waals surface area contributed by atoms with E-state index in [1.807, 2.05) is 4.90 Å². The lowest BCUT2D eigenvalue weighted by Gasteiger charge is -2.32. The van der Waals surface area contributed by atoms with E-state index in [-0.39, 0.29) is 17.9 Å². The van der Waals surface area contributed by atoms with Crippen LogP contribution in [0.1, 0.15) is 30.1 Å². The summed E-state index contributed by atoms with van der Waals surface area (Å²) in [7, 11) is 1.41. The number of aromatic nitrogens is 1. The van der Waals surface area contributed by atoms with Gasteiger partial charge in [0, 0.05) is 19.3 Å². The zero-order valence-electron chi connectivity index (χ0n) is 12.4. The Morgan fingerprint density at radius 1 is 1.38 bits per heavy atom. The fraction of sp³-hybridized carbons (Fsp3) is 0.533. The molecule has 0 aliphatic carbocycles. The average molecular weight is 292 g/mol.